The maximum absolute atomic E-state index is 12.4. The zero-order chi connectivity index (χ0) is 13.8. The summed E-state index contributed by atoms with van der Waals surface area (Å²) in [6, 6.07) is -0.842. The largest absolute Gasteiger partial charge is 0.368 e. The van der Waals surface area contributed by atoms with E-state index in [1.807, 2.05) is 0 Å². The first-order valence-corrected chi connectivity index (χ1v) is 6.37. The van der Waals surface area contributed by atoms with Gasteiger partial charge in [-0.25, -0.2) is 4.98 Å². The van der Waals surface area contributed by atoms with Gasteiger partial charge in [-0.3, -0.25) is 9.59 Å². The number of carbonyl (C=O) groups is 2. The molecule has 7 heteroatoms. The van der Waals surface area contributed by atoms with Crippen LogP contribution in [0.5, 0.6) is 0 Å². The third-order valence-electron chi connectivity index (χ3n) is 3.49. The predicted octanol–water partition coefficient (Wildman–Crippen LogP) is -0.983. The van der Waals surface area contributed by atoms with Crippen LogP contribution < -0.4 is 11.1 Å². The lowest BCUT2D eigenvalue weighted by Gasteiger charge is -2.26. The molecule has 104 valence electrons. The minimum atomic E-state index is -0.467. The number of aromatic nitrogens is 2. The number of H-pyrrole nitrogens is 1. The Hall–Kier alpha value is -1.89. The summed E-state index contributed by atoms with van der Waals surface area (Å²) < 4.78 is 0. The van der Waals surface area contributed by atoms with Crippen molar-refractivity contribution >= 4 is 11.8 Å². The predicted molar refractivity (Wildman–Crippen MR) is 69.1 cm³/mol. The van der Waals surface area contributed by atoms with Gasteiger partial charge in [0.15, 0.2) is 0 Å². The fourth-order valence-corrected chi connectivity index (χ4v) is 2.46. The zero-order valence-corrected chi connectivity index (χ0v) is 10.9. The maximum atomic E-state index is 12.4. The Morgan fingerprint density at radius 3 is 3.05 bits per heavy atom. The highest BCUT2D eigenvalue weighted by Crippen LogP contribution is 2.18. The molecule has 4 N–H and O–H groups in total. The molecule has 0 bridgehead atoms. The summed E-state index contributed by atoms with van der Waals surface area (Å²) in [6.45, 7) is 0.591. The van der Waals surface area contributed by atoms with E-state index in [0.29, 0.717) is 19.4 Å². The van der Waals surface area contributed by atoms with Gasteiger partial charge in [-0.2, -0.15) is 0 Å². The first-order valence-electron chi connectivity index (χ1n) is 6.37. The van der Waals surface area contributed by atoms with E-state index in [-0.39, 0.29) is 11.9 Å². The summed E-state index contributed by atoms with van der Waals surface area (Å²) >= 11 is 0. The number of aromatic amines is 1. The van der Waals surface area contributed by atoms with Gasteiger partial charge in [0.25, 0.3) is 0 Å². The monoisotopic (exact) mass is 265 g/mol. The Balaban J connectivity index is 2.05. The van der Waals surface area contributed by atoms with E-state index in [9.17, 15) is 9.59 Å². The summed E-state index contributed by atoms with van der Waals surface area (Å²) in [5.74, 6) is -0.513. The smallest absolute Gasteiger partial charge is 0.240 e. The fourth-order valence-electron chi connectivity index (χ4n) is 2.46. The SMILES string of the molecule is CN[C@@H](Cc1cnc[nH]1)C(=O)N1CCC[C@H]1C(N)=O. The van der Waals surface area contributed by atoms with Gasteiger partial charge in [0.1, 0.15) is 6.04 Å². The third kappa shape index (κ3) is 2.93. The van der Waals surface area contributed by atoms with Crippen LogP contribution in [0.4, 0.5) is 0 Å². The van der Waals surface area contributed by atoms with E-state index >= 15 is 0 Å². The Morgan fingerprint density at radius 1 is 1.68 bits per heavy atom. The number of likely N-dealkylation sites (N-methyl/N-ethyl adjacent to an activating group) is 1. The number of imidazole rings is 1. The number of nitrogens with one attached hydrogen (secondary N) is 2. The van der Waals surface area contributed by atoms with Crippen LogP contribution in [0, 0.1) is 0 Å². The second-order valence-corrected chi connectivity index (χ2v) is 4.71. The summed E-state index contributed by atoms with van der Waals surface area (Å²) in [4.78, 5) is 32.3. The number of nitrogens with zero attached hydrogens (tertiary/aromatic N) is 2. The van der Waals surface area contributed by atoms with E-state index in [4.69, 9.17) is 5.73 Å². The van der Waals surface area contributed by atoms with Crippen molar-refractivity contribution < 1.29 is 9.59 Å². The quantitative estimate of drug-likeness (QED) is 0.636. The van der Waals surface area contributed by atoms with Crippen LogP contribution in [0.15, 0.2) is 12.5 Å². The highest BCUT2D eigenvalue weighted by molar-refractivity contribution is 5.89. The van der Waals surface area contributed by atoms with E-state index in [1.54, 1.807) is 24.5 Å². The first-order chi connectivity index (χ1) is 9.13. The molecule has 2 rings (SSSR count). The Morgan fingerprint density at radius 2 is 2.47 bits per heavy atom. The maximum Gasteiger partial charge on any atom is 0.240 e. The van der Waals surface area contributed by atoms with Gasteiger partial charge >= 0.3 is 0 Å². The van der Waals surface area contributed by atoms with Crippen molar-refractivity contribution in [3.05, 3.63) is 18.2 Å². The number of nitrogens with two attached hydrogens (primary N) is 1. The summed E-state index contributed by atoms with van der Waals surface area (Å²) in [6.07, 6.45) is 5.25. The molecule has 1 aromatic heterocycles. The van der Waals surface area contributed by atoms with Crippen LogP contribution in [0.1, 0.15) is 18.5 Å². The van der Waals surface area contributed by atoms with E-state index < -0.39 is 11.9 Å². The van der Waals surface area contributed by atoms with Crippen molar-refractivity contribution in [2.75, 3.05) is 13.6 Å². The molecule has 1 aliphatic heterocycles. The first kappa shape index (κ1) is 13.5. The lowest BCUT2D eigenvalue weighted by molar-refractivity contribution is -0.138. The molecule has 1 fully saturated rings. The number of primary amides is 1. The number of carbonyl (C=O) groups excluding carboxylic acids is 2. The molecule has 1 aromatic rings. The molecule has 0 saturated carbocycles. The van der Waals surface area contributed by atoms with Crippen LogP contribution in [0.3, 0.4) is 0 Å². The minimum Gasteiger partial charge on any atom is -0.368 e. The molecule has 0 unspecified atom stereocenters. The Bertz CT molecular complexity index is 445. The molecular weight excluding hydrogens is 246 g/mol. The highest BCUT2D eigenvalue weighted by atomic mass is 16.2. The van der Waals surface area contributed by atoms with Crippen molar-refractivity contribution in [1.29, 1.82) is 0 Å². The van der Waals surface area contributed by atoms with Crippen LogP contribution in [-0.2, 0) is 16.0 Å². The second kappa shape index (κ2) is 5.83. The van der Waals surface area contributed by atoms with Gasteiger partial charge in [0.05, 0.1) is 12.4 Å². The number of rotatable bonds is 5. The molecule has 0 aromatic carbocycles. The van der Waals surface area contributed by atoms with Gasteiger partial charge < -0.3 is 20.9 Å². The standard InChI is InChI=1S/C12H19N5O2/c1-14-9(5-8-6-15-7-16-8)12(19)17-4-2-3-10(17)11(13)18/h6-7,9-10,14H,2-5H2,1H3,(H2,13,18)(H,15,16)/t9-,10-/m0/s1. The molecule has 1 saturated heterocycles. The van der Waals surface area contributed by atoms with Crippen LogP contribution >= 0.6 is 0 Å². The van der Waals surface area contributed by atoms with Crippen LogP contribution in [-0.4, -0.2) is 52.4 Å². The lowest BCUT2D eigenvalue weighted by atomic mass is 10.1. The van der Waals surface area contributed by atoms with Crippen molar-refractivity contribution in [2.45, 2.75) is 31.3 Å². The highest BCUT2D eigenvalue weighted by Gasteiger charge is 2.35. The molecule has 2 heterocycles. The van der Waals surface area contributed by atoms with Gasteiger partial charge in [-0.1, -0.05) is 0 Å². The molecule has 2 atom stereocenters. The summed E-state index contributed by atoms with van der Waals surface area (Å²) in [5, 5.41) is 2.99. The summed E-state index contributed by atoms with van der Waals surface area (Å²) in [5.41, 5.74) is 6.21. The summed E-state index contributed by atoms with van der Waals surface area (Å²) in [7, 11) is 1.73. The van der Waals surface area contributed by atoms with Gasteiger partial charge in [-0.15, -0.1) is 0 Å². The van der Waals surface area contributed by atoms with Crippen molar-refractivity contribution in [1.82, 2.24) is 20.2 Å². The van der Waals surface area contributed by atoms with Crippen molar-refractivity contribution in [2.24, 2.45) is 5.73 Å². The molecule has 0 spiro atoms. The van der Waals surface area contributed by atoms with Crippen molar-refractivity contribution in [3.63, 3.8) is 0 Å². The molecule has 7 nitrogen and oxygen atoms in total. The number of likely N-dealkylation sites (tertiary alicyclic amines) is 1. The zero-order valence-electron chi connectivity index (χ0n) is 10.9. The molecule has 2 amide bonds. The molecule has 1 aliphatic rings. The van der Waals surface area contributed by atoms with Gasteiger partial charge in [-0.05, 0) is 19.9 Å². The van der Waals surface area contributed by atoms with Gasteiger partial charge in [0.2, 0.25) is 11.8 Å². The van der Waals surface area contributed by atoms with Crippen molar-refractivity contribution in [3.8, 4) is 0 Å². The molecular formula is C12H19N5O2. The van der Waals surface area contributed by atoms with E-state index in [0.717, 1.165) is 12.1 Å². The molecule has 0 radical (unpaired) electrons. The Labute approximate surface area is 111 Å². The minimum absolute atomic E-state index is 0.0848. The average Bonchev–Trinajstić information content (AvgIpc) is 3.05. The number of hydrogen-bond acceptors (Lipinski definition) is 4. The van der Waals surface area contributed by atoms with E-state index in [2.05, 4.69) is 15.3 Å². The lowest BCUT2D eigenvalue weighted by Crippen LogP contribution is -2.51. The second-order valence-electron chi connectivity index (χ2n) is 4.71. The van der Waals surface area contributed by atoms with Crippen LogP contribution in [0.25, 0.3) is 0 Å². The van der Waals surface area contributed by atoms with Crippen LogP contribution in [0.2, 0.25) is 0 Å². The third-order valence-corrected chi connectivity index (χ3v) is 3.49. The number of amides is 2. The fraction of sp³-hybridized carbons (Fsp3) is 0.583. The molecule has 19 heavy (non-hydrogen) atoms. The Kier molecular flexibility index (Phi) is 4.16. The topological polar surface area (TPSA) is 104 Å². The average molecular weight is 265 g/mol. The molecule has 0 aliphatic carbocycles. The van der Waals surface area contributed by atoms with E-state index in [1.165, 1.54) is 0 Å². The number of hydrogen-bond donors (Lipinski definition) is 3. The normalized spacial score (nSPS) is 20.5. The van der Waals surface area contributed by atoms with Gasteiger partial charge in [0, 0.05) is 24.9 Å².